The highest BCUT2D eigenvalue weighted by Crippen LogP contribution is 2.35. The van der Waals surface area contributed by atoms with Crippen LogP contribution in [0.2, 0.25) is 0 Å². The van der Waals surface area contributed by atoms with E-state index in [-0.39, 0.29) is 24.5 Å². The van der Waals surface area contributed by atoms with Gasteiger partial charge in [-0.15, -0.1) is 0 Å². The molecule has 24 heavy (non-hydrogen) atoms. The molecule has 0 spiro atoms. The number of carbonyl (C=O) groups is 1. The minimum Gasteiger partial charge on any atom is -0.463 e. The summed E-state index contributed by atoms with van der Waals surface area (Å²) in [7, 11) is 0. The van der Waals surface area contributed by atoms with Crippen LogP contribution in [0.5, 0.6) is 0 Å². The lowest BCUT2D eigenvalue weighted by molar-refractivity contribution is -0.156. The van der Waals surface area contributed by atoms with Gasteiger partial charge in [0.15, 0.2) is 0 Å². The van der Waals surface area contributed by atoms with Crippen molar-refractivity contribution in [2.45, 2.75) is 64.7 Å². The molecule has 1 aromatic rings. The fourth-order valence-corrected chi connectivity index (χ4v) is 2.71. The second-order valence-corrected chi connectivity index (χ2v) is 6.37. The van der Waals surface area contributed by atoms with Gasteiger partial charge >= 0.3 is 11.7 Å². The highest BCUT2D eigenvalue weighted by atomic mass is 16.6. The summed E-state index contributed by atoms with van der Waals surface area (Å²) in [6.45, 7) is 6.03. The molecule has 2 heterocycles. The summed E-state index contributed by atoms with van der Waals surface area (Å²) in [5, 5.41) is 0. The Balaban J connectivity index is 1.96. The van der Waals surface area contributed by atoms with Gasteiger partial charge in [-0.2, -0.15) is 4.98 Å². The molecule has 0 aliphatic carbocycles. The first-order valence-corrected chi connectivity index (χ1v) is 8.53. The van der Waals surface area contributed by atoms with Gasteiger partial charge in [0.25, 0.3) is 0 Å². The van der Waals surface area contributed by atoms with Crippen LogP contribution in [0.25, 0.3) is 6.08 Å². The summed E-state index contributed by atoms with van der Waals surface area (Å²) < 4.78 is 12.8. The van der Waals surface area contributed by atoms with Gasteiger partial charge in [0, 0.05) is 12.6 Å². The number of aromatic nitrogens is 2. The summed E-state index contributed by atoms with van der Waals surface area (Å²) in [5.41, 5.74) is -0.266. The average Bonchev–Trinajstić information content (AvgIpc) is 2.94. The minimum absolute atomic E-state index is 0.195. The largest absolute Gasteiger partial charge is 0.463 e. The fourth-order valence-electron chi connectivity index (χ4n) is 2.71. The van der Waals surface area contributed by atoms with Crippen molar-refractivity contribution in [3.8, 4) is 0 Å². The Morgan fingerprint density at radius 3 is 3.04 bits per heavy atom. The number of carbonyl (C=O) groups excluding carboxylic acids is 1. The molecule has 0 radical (unpaired) electrons. The molecule has 1 aliphatic heterocycles. The Morgan fingerprint density at radius 1 is 1.58 bits per heavy atom. The zero-order valence-corrected chi connectivity index (χ0v) is 14.7. The van der Waals surface area contributed by atoms with Crippen LogP contribution < -0.4 is 5.69 Å². The van der Waals surface area contributed by atoms with Crippen molar-refractivity contribution in [3.05, 3.63) is 34.5 Å². The second kappa shape index (κ2) is 8.24. The number of hydrogen-bond acceptors (Lipinski definition) is 5. The molecule has 132 valence electrons. The number of rotatable bonds is 7. The van der Waals surface area contributed by atoms with Gasteiger partial charge in [0.1, 0.15) is 18.4 Å². The molecule has 1 saturated heterocycles. The summed E-state index contributed by atoms with van der Waals surface area (Å²) in [4.78, 5) is 27.8. The van der Waals surface area contributed by atoms with Crippen LogP contribution in [0.1, 0.15) is 64.8 Å². The smallest absolute Gasteiger partial charge is 0.350 e. The summed E-state index contributed by atoms with van der Waals surface area (Å²) in [6.07, 6.45) is 8.59. The first-order chi connectivity index (χ1) is 11.5. The Bertz CT molecular complexity index is 653. The number of nitrogens with zero attached hydrogens (tertiary/aromatic N) is 2. The number of esters is 1. The SMILES string of the molecule is CC=Cc1ccn(C2CCC(C)(COC(=O)CCCC)O2)c(=O)n1. The van der Waals surface area contributed by atoms with E-state index in [0.29, 0.717) is 18.5 Å². The Kier molecular flexibility index (Phi) is 6.31. The molecular formula is C18H26N2O4. The Labute approximate surface area is 142 Å². The maximum atomic E-state index is 12.1. The molecular weight excluding hydrogens is 308 g/mol. The van der Waals surface area contributed by atoms with Crippen molar-refractivity contribution in [1.82, 2.24) is 9.55 Å². The van der Waals surface area contributed by atoms with Crippen molar-refractivity contribution >= 4 is 12.0 Å². The van der Waals surface area contributed by atoms with Crippen LogP contribution in [0, 0.1) is 0 Å². The lowest BCUT2D eigenvalue weighted by Gasteiger charge is -2.24. The maximum Gasteiger partial charge on any atom is 0.350 e. The number of unbranched alkanes of at least 4 members (excludes halogenated alkanes) is 1. The quantitative estimate of drug-likeness (QED) is 0.717. The standard InChI is InChI=1S/C18H26N2O4/c1-4-6-8-16(21)23-13-18(3)11-9-15(24-18)20-12-10-14(7-5-2)19-17(20)22/h5,7,10,12,15H,4,6,8-9,11,13H2,1-3H3. The molecule has 2 atom stereocenters. The third-order valence-corrected chi connectivity index (χ3v) is 4.11. The Morgan fingerprint density at radius 2 is 2.38 bits per heavy atom. The van der Waals surface area contributed by atoms with Crippen LogP contribution in [0.3, 0.4) is 0 Å². The number of hydrogen-bond donors (Lipinski definition) is 0. The molecule has 0 aromatic carbocycles. The van der Waals surface area contributed by atoms with E-state index in [1.807, 2.05) is 26.8 Å². The molecule has 1 aliphatic rings. The molecule has 1 aromatic heterocycles. The van der Waals surface area contributed by atoms with Crippen molar-refractivity contribution in [2.24, 2.45) is 0 Å². The highest BCUT2D eigenvalue weighted by Gasteiger charge is 2.38. The van der Waals surface area contributed by atoms with Crippen molar-refractivity contribution in [2.75, 3.05) is 6.61 Å². The zero-order chi connectivity index (χ0) is 17.6. The molecule has 1 fully saturated rings. The molecule has 6 heteroatoms. The van der Waals surface area contributed by atoms with E-state index in [2.05, 4.69) is 4.98 Å². The molecule has 0 bridgehead atoms. The zero-order valence-electron chi connectivity index (χ0n) is 14.7. The molecule has 2 unspecified atom stereocenters. The molecule has 0 amide bonds. The fraction of sp³-hybridized carbons (Fsp3) is 0.611. The van der Waals surface area contributed by atoms with Gasteiger partial charge in [-0.05, 0) is 45.3 Å². The first kappa shape index (κ1) is 18.4. The third kappa shape index (κ3) is 4.77. The highest BCUT2D eigenvalue weighted by molar-refractivity contribution is 5.69. The van der Waals surface area contributed by atoms with Gasteiger partial charge < -0.3 is 9.47 Å². The lowest BCUT2D eigenvalue weighted by Crippen LogP contribution is -2.34. The minimum atomic E-state index is -0.562. The van der Waals surface area contributed by atoms with E-state index in [9.17, 15) is 9.59 Å². The van der Waals surface area contributed by atoms with Gasteiger partial charge in [0.05, 0.1) is 5.69 Å². The Hall–Kier alpha value is -1.95. The van der Waals surface area contributed by atoms with Crippen molar-refractivity contribution < 1.29 is 14.3 Å². The summed E-state index contributed by atoms with van der Waals surface area (Å²) in [5.74, 6) is -0.195. The second-order valence-electron chi connectivity index (χ2n) is 6.37. The van der Waals surface area contributed by atoms with E-state index in [4.69, 9.17) is 9.47 Å². The topological polar surface area (TPSA) is 70.4 Å². The maximum absolute atomic E-state index is 12.1. The van der Waals surface area contributed by atoms with E-state index >= 15 is 0 Å². The predicted octanol–water partition coefficient (Wildman–Crippen LogP) is 3.08. The summed E-state index contributed by atoms with van der Waals surface area (Å²) >= 11 is 0. The van der Waals surface area contributed by atoms with Gasteiger partial charge in [0.2, 0.25) is 0 Å². The van der Waals surface area contributed by atoms with E-state index in [0.717, 1.165) is 19.3 Å². The van der Waals surface area contributed by atoms with E-state index in [1.165, 1.54) is 4.57 Å². The number of ether oxygens (including phenoxy) is 2. The molecule has 0 saturated carbocycles. The normalized spacial score (nSPS) is 23.7. The van der Waals surface area contributed by atoms with Crippen LogP contribution in [0.15, 0.2) is 23.1 Å². The van der Waals surface area contributed by atoms with Crippen LogP contribution in [0.4, 0.5) is 0 Å². The predicted molar refractivity (Wildman–Crippen MR) is 91.5 cm³/mol. The monoisotopic (exact) mass is 334 g/mol. The lowest BCUT2D eigenvalue weighted by atomic mass is 10.0. The molecule has 0 N–H and O–H groups in total. The number of allylic oxidation sites excluding steroid dienone is 1. The summed E-state index contributed by atoms with van der Waals surface area (Å²) in [6, 6.07) is 1.78. The van der Waals surface area contributed by atoms with Gasteiger partial charge in [-0.3, -0.25) is 9.36 Å². The van der Waals surface area contributed by atoms with Crippen LogP contribution in [-0.2, 0) is 14.3 Å². The van der Waals surface area contributed by atoms with Crippen molar-refractivity contribution in [3.63, 3.8) is 0 Å². The molecule has 2 rings (SSSR count). The van der Waals surface area contributed by atoms with E-state index < -0.39 is 5.60 Å². The van der Waals surface area contributed by atoms with Crippen LogP contribution in [-0.4, -0.2) is 27.7 Å². The average molecular weight is 334 g/mol. The first-order valence-electron chi connectivity index (χ1n) is 8.53. The van der Waals surface area contributed by atoms with Crippen LogP contribution >= 0.6 is 0 Å². The van der Waals surface area contributed by atoms with Gasteiger partial charge in [-0.1, -0.05) is 19.4 Å². The van der Waals surface area contributed by atoms with Gasteiger partial charge in [-0.25, -0.2) is 4.79 Å². The third-order valence-electron chi connectivity index (χ3n) is 4.11. The van der Waals surface area contributed by atoms with E-state index in [1.54, 1.807) is 18.3 Å². The molecule has 6 nitrogen and oxygen atoms in total. The van der Waals surface area contributed by atoms with Crippen molar-refractivity contribution in [1.29, 1.82) is 0 Å².